The van der Waals surface area contributed by atoms with Crippen molar-refractivity contribution in [3.05, 3.63) is 47.1 Å². The lowest BCUT2D eigenvalue weighted by Crippen LogP contribution is -2.11. The second-order valence-corrected chi connectivity index (χ2v) is 3.77. The molecule has 1 heterocycles. The Balaban J connectivity index is 2.36. The first kappa shape index (κ1) is 13.5. The van der Waals surface area contributed by atoms with E-state index in [1.165, 1.54) is 18.2 Å². The molecule has 19 heavy (non-hydrogen) atoms. The highest BCUT2D eigenvalue weighted by Gasteiger charge is 2.35. The number of alkyl halides is 3. The quantitative estimate of drug-likeness (QED) is 0.618. The van der Waals surface area contributed by atoms with Gasteiger partial charge in [-0.05, 0) is 12.1 Å². The highest BCUT2D eigenvalue weighted by Crippen LogP contribution is 2.30. The largest absolute Gasteiger partial charge is 0.451 e. The van der Waals surface area contributed by atoms with Gasteiger partial charge in [-0.3, -0.25) is 0 Å². The molecule has 0 saturated heterocycles. The van der Waals surface area contributed by atoms with Crippen LogP contribution >= 0.6 is 11.6 Å². The number of hydrogen-bond donors (Lipinski definition) is 0. The Morgan fingerprint density at radius 1 is 1.11 bits per heavy atom. The van der Waals surface area contributed by atoms with E-state index in [1.54, 1.807) is 0 Å². The van der Waals surface area contributed by atoms with Crippen molar-refractivity contribution in [3.63, 3.8) is 0 Å². The molecule has 2 rings (SSSR count). The summed E-state index contributed by atoms with van der Waals surface area (Å²) in [5, 5.41) is -0.450. The number of halogens is 5. The molecule has 0 atom stereocenters. The third kappa shape index (κ3) is 3.31. The van der Waals surface area contributed by atoms with Crippen LogP contribution < -0.4 is 4.74 Å². The maximum Gasteiger partial charge on any atom is 0.451 e. The second-order valence-electron chi connectivity index (χ2n) is 3.38. The Labute approximate surface area is 109 Å². The normalized spacial score (nSPS) is 11.4. The minimum atomic E-state index is -4.77. The van der Waals surface area contributed by atoms with Crippen LogP contribution in [-0.2, 0) is 6.18 Å². The Morgan fingerprint density at radius 3 is 2.42 bits per heavy atom. The van der Waals surface area contributed by atoms with E-state index in [0.29, 0.717) is 0 Å². The molecule has 1 aromatic heterocycles. The van der Waals surface area contributed by atoms with E-state index >= 15 is 0 Å². The lowest BCUT2D eigenvalue weighted by molar-refractivity contribution is -0.145. The lowest BCUT2D eigenvalue weighted by Gasteiger charge is -2.09. The Hall–Kier alpha value is -1.89. The SMILES string of the molecule is Fc1ccccc1Oc1cc(Cl)nc(C(F)(F)F)n1. The van der Waals surface area contributed by atoms with Crippen molar-refractivity contribution in [1.82, 2.24) is 9.97 Å². The molecule has 0 amide bonds. The van der Waals surface area contributed by atoms with Gasteiger partial charge in [0, 0.05) is 6.07 Å². The van der Waals surface area contributed by atoms with Gasteiger partial charge in [-0.1, -0.05) is 23.7 Å². The average Bonchev–Trinajstić information content (AvgIpc) is 2.30. The molecule has 0 radical (unpaired) electrons. The van der Waals surface area contributed by atoms with Gasteiger partial charge in [-0.2, -0.15) is 18.2 Å². The summed E-state index contributed by atoms with van der Waals surface area (Å²) >= 11 is 5.44. The first-order chi connectivity index (χ1) is 8.86. The van der Waals surface area contributed by atoms with Gasteiger partial charge in [0.1, 0.15) is 5.15 Å². The van der Waals surface area contributed by atoms with Gasteiger partial charge in [0.15, 0.2) is 11.6 Å². The van der Waals surface area contributed by atoms with Gasteiger partial charge in [-0.25, -0.2) is 9.37 Å². The zero-order valence-electron chi connectivity index (χ0n) is 9.08. The summed E-state index contributed by atoms with van der Waals surface area (Å²) in [5.74, 6) is -2.93. The summed E-state index contributed by atoms with van der Waals surface area (Å²) in [7, 11) is 0. The minimum Gasteiger partial charge on any atom is -0.436 e. The highest BCUT2D eigenvalue weighted by molar-refractivity contribution is 6.29. The van der Waals surface area contributed by atoms with Crippen LogP contribution in [0.3, 0.4) is 0 Å². The summed E-state index contributed by atoms with van der Waals surface area (Å²) in [6, 6.07) is 6.19. The fourth-order valence-corrected chi connectivity index (χ4v) is 1.39. The number of ether oxygens (including phenoxy) is 1. The molecule has 0 spiro atoms. The maximum absolute atomic E-state index is 13.3. The standard InChI is InChI=1S/C11H5ClF4N2O/c12-8-5-9(18-10(17-8)11(14,15)16)19-7-4-2-1-3-6(7)13/h1-5H. The van der Waals surface area contributed by atoms with Crippen molar-refractivity contribution in [2.75, 3.05) is 0 Å². The topological polar surface area (TPSA) is 35.0 Å². The second kappa shape index (κ2) is 5.00. The van der Waals surface area contributed by atoms with E-state index in [9.17, 15) is 17.6 Å². The van der Waals surface area contributed by atoms with Crippen LogP contribution in [0.2, 0.25) is 5.15 Å². The zero-order valence-corrected chi connectivity index (χ0v) is 9.84. The average molecular weight is 293 g/mol. The van der Waals surface area contributed by atoms with E-state index < -0.39 is 28.9 Å². The molecule has 0 aliphatic rings. The molecule has 3 nitrogen and oxygen atoms in total. The lowest BCUT2D eigenvalue weighted by atomic mass is 10.3. The van der Waals surface area contributed by atoms with Crippen molar-refractivity contribution >= 4 is 11.6 Å². The van der Waals surface area contributed by atoms with Crippen molar-refractivity contribution in [1.29, 1.82) is 0 Å². The molecule has 0 unspecified atom stereocenters. The van der Waals surface area contributed by atoms with Crippen LogP contribution in [0.1, 0.15) is 5.82 Å². The van der Waals surface area contributed by atoms with E-state index in [1.807, 2.05) is 0 Å². The number of aromatic nitrogens is 2. The predicted molar refractivity (Wildman–Crippen MR) is 58.5 cm³/mol. The van der Waals surface area contributed by atoms with Gasteiger partial charge < -0.3 is 4.74 Å². The number of rotatable bonds is 2. The number of benzene rings is 1. The minimum absolute atomic E-state index is 0.259. The third-order valence-electron chi connectivity index (χ3n) is 1.98. The van der Waals surface area contributed by atoms with Crippen LogP contribution in [0, 0.1) is 5.82 Å². The van der Waals surface area contributed by atoms with Gasteiger partial charge in [0.2, 0.25) is 11.7 Å². The summed E-state index contributed by atoms with van der Waals surface area (Å²) < 4.78 is 55.6. The molecule has 0 fully saturated rings. The fraction of sp³-hybridized carbons (Fsp3) is 0.0909. The van der Waals surface area contributed by atoms with Gasteiger partial charge >= 0.3 is 6.18 Å². The molecule has 0 aliphatic carbocycles. The van der Waals surface area contributed by atoms with Crippen molar-refractivity contribution in [3.8, 4) is 11.6 Å². The smallest absolute Gasteiger partial charge is 0.436 e. The van der Waals surface area contributed by atoms with Crippen molar-refractivity contribution in [2.45, 2.75) is 6.18 Å². The molecule has 8 heteroatoms. The molecular formula is C11H5ClF4N2O. The van der Waals surface area contributed by atoms with Gasteiger partial charge in [-0.15, -0.1) is 0 Å². The Morgan fingerprint density at radius 2 is 1.79 bits per heavy atom. The van der Waals surface area contributed by atoms with Gasteiger partial charge in [0.05, 0.1) is 0 Å². The third-order valence-corrected chi connectivity index (χ3v) is 2.17. The van der Waals surface area contributed by atoms with Gasteiger partial charge in [0.25, 0.3) is 0 Å². The van der Waals surface area contributed by atoms with E-state index in [0.717, 1.165) is 12.1 Å². The molecule has 0 bridgehead atoms. The van der Waals surface area contributed by atoms with E-state index in [4.69, 9.17) is 16.3 Å². The van der Waals surface area contributed by atoms with Crippen LogP contribution in [0.5, 0.6) is 11.6 Å². The fourth-order valence-electron chi connectivity index (χ4n) is 1.22. The molecular weight excluding hydrogens is 288 g/mol. The van der Waals surface area contributed by atoms with Crippen LogP contribution in [0.4, 0.5) is 17.6 Å². The molecule has 2 aromatic rings. The number of para-hydroxylation sites is 1. The first-order valence-electron chi connectivity index (χ1n) is 4.90. The number of hydrogen-bond acceptors (Lipinski definition) is 3. The van der Waals surface area contributed by atoms with E-state index in [-0.39, 0.29) is 5.75 Å². The van der Waals surface area contributed by atoms with E-state index in [2.05, 4.69) is 9.97 Å². The first-order valence-corrected chi connectivity index (χ1v) is 5.28. The molecule has 0 N–H and O–H groups in total. The predicted octanol–water partition coefficient (Wildman–Crippen LogP) is 4.08. The van der Waals surface area contributed by atoms with Crippen molar-refractivity contribution < 1.29 is 22.3 Å². The molecule has 0 aliphatic heterocycles. The zero-order chi connectivity index (χ0) is 14.0. The monoisotopic (exact) mass is 292 g/mol. The van der Waals surface area contributed by atoms with Crippen LogP contribution in [0.15, 0.2) is 30.3 Å². The highest BCUT2D eigenvalue weighted by atomic mass is 35.5. The summed E-state index contributed by atoms with van der Waals surface area (Å²) in [6.45, 7) is 0. The summed E-state index contributed by atoms with van der Waals surface area (Å²) in [6.07, 6.45) is -4.77. The van der Waals surface area contributed by atoms with Crippen LogP contribution in [0.25, 0.3) is 0 Å². The number of nitrogens with zero attached hydrogens (tertiary/aromatic N) is 2. The molecule has 100 valence electrons. The maximum atomic E-state index is 13.3. The summed E-state index contributed by atoms with van der Waals surface area (Å²) in [5.41, 5.74) is 0. The molecule has 1 aromatic carbocycles. The Bertz CT molecular complexity index is 603. The Kier molecular flexibility index (Phi) is 3.57. The van der Waals surface area contributed by atoms with Crippen molar-refractivity contribution in [2.24, 2.45) is 0 Å². The van der Waals surface area contributed by atoms with Crippen LogP contribution in [-0.4, -0.2) is 9.97 Å². The molecule has 0 saturated carbocycles. The summed E-state index contributed by atoms with van der Waals surface area (Å²) in [4.78, 5) is 6.16.